The van der Waals surface area contributed by atoms with E-state index in [-0.39, 0.29) is 28.9 Å². The van der Waals surface area contributed by atoms with Crippen LogP contribution in [0.15, 0.2) is 0 Å². The number of ether oxygens (including phenoxy) is 3. The number of carbonyl (C=O) groups is 1. The van der Waals surface area contributed by atoms with Crippen molar-refractivity contribution < 1.29 is 19.0 Å². The zero-order valence-electron chi connectivity index (χ0n) is 32.7. The lowest BCUT2D eigenvalue weighted by atomic mass is 9.44. The lowest BCUT2D eigenvalue weighted by Crippen LogP contribution is -2.62. The summed E-state index contributed by atoms with van der Waals surface area (Å²) in [4.78, 5) is 12.9. The third-order valence-electron chi connectivity index (χ3n) is 13.8. The molecule has 3 saturated carbocycles. The lowest BCUT2D eigenvalue weighted by Gasteiger charge is -2.63. The van der Waals surface area contributed by atoms with Crippen LogP contribution in [0.5, 0.6) is 0 Å². The summed E-state index contributed by atoms with van der Waals surface area (Å²) in [6.07, 6.45) is 19.0. The summed E-state index contributed by atoms with van der Waals surface area (Å²) in [7, 11) is 0. The smallest absolute Gasteiger partial charge is 0.220 e. The fourth-order valence-corrected chi connectivity index (χ4v) is 10.7. The van der Waals surface area contributed by atoms with Crippen molar-refractivity contribution in [3.8, 4) is 0 Å². The van der Waals surface area contributed by atoms with Gasteiger partial charge in [0.1, 0.15) is 0 Å². The zero-order chi connectivity index (χ0) is 35.7. The van der Waals surface area contributed by atoms with Gasteiger partial charge < -0.3 is 36.7 Å². The number of unbranched alkanes of at least 4 members (excludes halogenated alkanes) is 5. The van der Waals surface area contributed by atoms with Crippen LogP contribution in [0.25, 0.3) is 0 Å². The van der Waals surface area contributed by atoms with Crippen molar-refractivity contribution in [3.05, 3.63) is 0 Å². The van der Waals surface area contributed by atoms with Gasteiger partial charge in [0.2, 0.25) is 5.91 Å². The number of rotatable bonds is 26. The summed E-state index contributed by atoms with van der Waals surface area (Å²) in [6, 6.07) is 0. The minimum atomic E-state index is 0.0481. The highest BCUT2D eigenvalue weighted by molar-refractivity contribution is 5.75. The van der Waals surface area contributed by atoms with Gasteiger partial charge in [0.05, 0.1) is 12.2 Å². The second kappa shape index (κ2) is 22.3. The number of hydrogen-bond acceptors (Lipinski definition) is 7. The molecule has 8 nitrogen and oxygen atoms in total. The molecule has 288 valence electrons. The molecule has 0 radical (unpaired) electrons. The number of hydrogen-bond donors (Lipinski definition) is 4. The van der Waals surface area contributed by atoms with Crippen LogP contribution >= 0.6 is 0 Å². The Hall–Kier alpha value is -0.770. The summed E-state index contributed by atoms with van der Waals surface area (Å²) in [5.41, 5.74) is 17.9. The van der Waals surface area contributed by atoms with Crippen LogP contribution in [0.1, 0.15) is 144 Å². The molecule has 8 heteroatoms. The molecule has 49 heavy (non-hydrogen) atoms. The van der Waals surface area contributed by atoms with Gasteiger partial charge in [-0.15, -0.1) is 0 Å². The van der Waals surface area contributed by atoms with E-state index in [4.69, 9.17) is 31.4 Å². The van der Waals surface area contributed by atoms with Gasteiger partial charge in [-0.2, -0.15) is 0 Å². The maximum Gasteiger partial charge on any atom is 0.220 e. The third kappa shape index (κ3) is 11.4. The molecule has 3 aliphatic rings. The highest BCUT2D eigenvalue weighted by atomic mass is 16.5. The predicted octanol–water partition coefficient (Wildman–Crippen LogP) is 7.21. The van der Waals surface area contributed by atoms with E-state index < -0.39 is 0 Å². The lowest BCUT2D eigenvalue weighted by molar-refractivity contribution is -0.218. The standard InChI is InChI=1S/C41H80N4O4/c1-6-8-9-10-11-12-24-45-38(46)19-16-31(3)33-17-18-34-39-35(30-37(41(33,34)5)49-27-15-23-44)40(4,7-2)32(20-28-47-25-13-21-42)29-36(39)48-26-14-22-43/h31-37,39H,6-30,42-44H2,1-5H3,(H,45,46)/t31?,32?,33?,34-,35-,36+,37-,39?,40-,41+/m0/s1. The maximum absolute atomic E-state index is 12.9. The van der Waals surface area contributed by atoms with Crippen LogP contribution in [0, 0.1) is 46.3 Å². The Morgan fingerprint density at radius 2 is 1.49 bits per heavy atom. The largest absolute Gasteiger partial charge is 0.381 e. The minimum Gasteiger partial charge on any atom is -0.381 e. The van der Waals surface area contributed by atoms with E-state index in [0.717, 1.165) is 90.8 Å². The highest BCUT2D eigenvalue weighted by Crippen LogP contribution is 2.68. The van der Waals surface area contributed by atoms with Crippen molar-refractivity contribution in [2.45, 2.75) is 156 Å². The van der Waals surface area contributed by atoms with E-state index in [2.05, 4.69) is 39.9 Å². The van der Waals surface area contributed by atoms with Crippen LogP contribution in [0.2, 0.25) is 0 Å². The Morgan fingerprint density at radius 3 is 2.18 bits per heavy atom. The first-order valence-electron chi connectivity index (χ1n) is 20.9. The molecule has 3 aliphatic carbocycles. The van der Waals surface area contributed by atoms with E-state index in [1.807, 2.05) is 0 Å². The molecule has 7 N–H and O–H groups in total. The molecule has 0 heterocycles. The molecule has 1 amide bonds. The maximum atomic E-state index is 12.9. The highest BCUT2D eigenvalue weighted by Gasteiger charge is 2.65. The molecule has 4 unspecified atom stereocenters. The molecular formula is C41H80N4O4. The molecule has 10 atom stereocenters. The molecule has 0 aromatic carbocycles. The van der Waals surface area contributed by atoms with Crippen LogP contribution in [0.4, 0.5) is 0 Å². The first kappa shape index (κ1) is 42.6. The van der Waals surface area contributed by atoms with Crippen molar-refractivity contribution in [1.29, 1.82) is 0 Å². The topological polar surface area (TPSA) is 135 Å². The van der Waals surface area contributed by atoms with Gasteiger partial charge in [0.15, 0.2) is 0 Å². The normalized spacial score (nSPS) is 33.3. The fourth-order valence-electron chi connectivity index (χ4n) is 10.7. The summed E-state index contributed by atoms with van der Waals surface area (Å²) >= 11 is 0. The number of amides is 1. The Kier molecular flexibility index (Phi) is 19.4. The molecule has 3 rings (SSSR count). The van der Waals surface area contributed by atoms with E-state index in [9.17, 15) is 4.79 Å². The summed E-state index contributed by atoms with van der Waals surface area (Å²) in [5, 5.41) is 3.22. The van der Waals surface area contributed by atoms with Crippen molar-refractivity contribution in [3.63, 3.8) is 0 Å². The van der Waals surface area contributed by atoms with Gasteiger partial charge in [-0.3, -0.25) is 4.79 Å². The Bertz CT molecular complexity index is 909. The molecule has 0 spiro atoms. The monoisotopic (exact) mass is 693 g/mol. The van der Waals surface area contributed by atoms with Crippen LogP contribution in [-0.2, 0) is 19.0 Å². The number of carbonyl (C=O) groups excluding carboxylic acids is 1. The van der Waals surface area contributed by atoms with Gasteiger partial charge in [0.25, 0.3) is 0 Å². The average molecular weight is 693 g/mol. The Morgan fingerprint density at radius 1 is 0.816 bits per heavy atom. The summed E-state index contributed by atoms with van der Waals surface area (Å²) < 4.78 is 19.9. The molecule has 0 aromatic heterocycles. The van der Waals surface area contributed by atoms with E-state index >= 15 is 0 Å². The van der Waals surface area contributed by atoms with Gasteiger partial charge >= 0.3 is 0 Å². The minimum absolute atomic E-state index is 0.0481. The zero-order valence-corrected chi connectivity index (χ0v) is 32.7. The molecule has 0 aliphatic heterocycles. The van der Waals surface area contributed by atoms with Crippen molar-refractivity contribution >= 4 is 5.91 Å². The van der Waals surface area contributed by atoms with Gasteiger partial charge in [0, 0.05) is 44.8 Å². The first-order valence-corrected chi connectivity index (χ1v) is 20.9. The van der Waals surface area contributed by atoms with Gasteiger partial charge in [-0.1, -0.05) is 73.1 Å². The van der Waals surface area contributed by atoms with E-state index in [1.54, 1.807) is 0 Å². The Balaban J connectivity index is 1.78. The van der Waals surface area contributed by atoms with Crippen LogP contribution < -0.4 is 22.5 Å². The number of nitrogens with two attached hydrogens (primary N) is 3. The molecular weight excluding hydrogens is 612 g/mol. The second-order valence-corrected chi connectivity index (χ2v) is 16.6. The third-order valence-corrected chi connectivity index (χ3v) is 13.8. The first-order chi connectivity index (χ1) is 23.7. The van der Waals surface area contributed by atoms with Gasteiger partial charge in [-0.25, -0.2) is 0 Å². The second-order valence-electron chi connectivity index (χ2n) is 16.6. The van der Waals surface area contributed by atoms with Crippen molar-refractivity contribution in [1.82, 2.24) is 5.32 Å². The molecule has 0 bridgehead atoms. The SMILES string of the molecule is CCCCCCCCNC(=O)CCC(C)C1CC[C@H]2C3[C@H](OCCCN)CC(CCOCCCN)[C@](C)(CC)[C@H]3C[C@H](OCCCN)[C@]12C. The number of nitrogens with one attached hydrogen (secondary N) is 1. The quantitative estimate of drug-likeness (QED) is 0.0704. The summed E-state index contributed by atoms with van der Waals surface area (Å²) in [5.74, 6) is 3.33. The fraction of sp³-hybridized carbons (Fsp3) is 0.976. The average Bonchev–Trinajstić information content (AvgIpc) is 3.46. The predicted molar refractivity (Wildman–Crippen MR) is 203 cm³/mol. The summed E-state index contributed by atoms with van der Waals surface area (Å²) in [6.45, 7) is 18.0. The molecule has 0 aromatic rings. The van der Waals surface area contributed by atoms with E-state index in [1.165, 1.54) is 44.9 Å². The van der Waals surface area contributed by atoms with Crippen LogP contribution in [0.3, 0.4) is 0 Å². The molecule has 0 saturated heterocycles. The van der Waals surface area contributed by atoms with Crippen molar-refractivity contribution in [2.75, 3.05) is 52.6 Å². The molecule has 3 fully saturated rings. The van der Waals surface area contributed by atoms with Gasteiger partial charge in [-0.05, 0) is 125 Å². The Labute approximate surface area is 301 Å². The van der Waals surface area contributed by atoms with E-state index in [0.29, 0.717) is 61.6 Å². The number of fused-ring (bicyclic) bond motifs is 3. The van der Waals surface area contributed by atoms with Crippen LogP contribution in [-0.4, -0.2) is 70.7 Å². The van der Waals surface area contributed by atoms with Crippen molar-refractivity contribution in [2.24, 2.45) is 63.5 Å².